The minimum atomic E-state index is -0.938. The molecule has 0 bridgehead atoms. The lowest BCUT2D eigenvalue weighted by atomic mass is 10.2. The largest absolute Gasteiger partial charge is 0.481 e. The van der Waals surface area contributed by atoms with Gasteiger partial charge in [0.2, 0.25) is 0 Å². The fourth-order valence-corrected chi connectivity index (χ4v) is 1.68. The molecule has 7 heteroatoms. The van der Waals surface area contributed by atoms with Crippen LogP contribution in [0.25, 0.3) is 0 Å². The molecule has 0 saturated heterocycles. The molecule has 1 aromatic carbocycles. The Labute approximate surface area is 120 Å². The van der Waals surface area contributed by atoms with Crippen molar-refractivity contribution in [2.75, 3.05) is 5.32 Å². The number of nitrogens with one attached hydrogen (secondary N) is 1. The molecular formula is C14H14FN3O3. The van der Waals surface area contributed by atoms with E-state index < -0.39 is 17.7 Å². The van der Waals surface area contributed by atoms with Crippen molar-refractivity contribution < 1.29 is 19.1 Å². The molecule has 2 rings (SSSR count). The van der Waals surface area contributed by atoms with Crippen molar-refractivity contribution in [1.82, 2.24) is 9.78 Å². The summed E-state index contributed by atoms with van der Waals surface area (Å²) in [6.45, 7) is 1.81. The smallest absolute Gasteiger partial charge is 0.305 e. The topological polar surface area (TPSA) is 84.2 Å². The second-order valence-corrected chi connectivity index (χ2v) is 4.53. The Balaban J connectivity index is 2.03. The van der Waals surface area contributed by atoms with Gasteiger partial charge in [-0.3, -0.25) is 14.3 Å². The zero-order valence-corrected chi connectivity index (χ0v) is 11.3. The summed E-state index contributed by atoms with van der Waals surface area (Å²) in [6.07, 6.45) is 1.44. The van der Waals surface area contributed by atoms with E-state index in [9.17, 15) is 14.0 Å². The summed E-state index contributed by atoms with van der Waals surface area (Å²) in [4.78, 5) is 22.4. The third-order valence-corrected chi connectivity index (χ3v) is 2.86. The number of benzene rings is 1. The predicted octanol–water partition coefficient (Wildman–Crippen LogP) is 2.06. The van der Waals surface area contributed by atoms with Crippen molar-refractivity contribution >= 4 is 17.6 Å². The minimum Gasteiger partial charge on any atom is -0.481 e. The monoisotopic (exact) mass is 291 g/mol. The number of hydrogen-bond donors (Lipinski definition) is 2. The van der Waals surface area contributed by atoms with Crippen molar-refractivity contribution in [2.24, 2.45) is 0 Å². The Bertz CT molecular complexity index is 682. The lowest BCUT2D eigenvalue weighted by Gasteiger charge is -2.04. The van der Waals surface area contributed by atoms with Crippen molar-refractivity contribution in [2.45, 2.75) is 19.9 Å². The molecule has 1 aromatic heterocycles. The molecule has 0 unspecified atom stereocenters. The molecule has 0 atom stereocenters. The number of rotatable bonds is 5. The van der Waals surface area contributed by atoms with Crippen LogP contribution in [-0.4, -0.2) is 26.8 Å². The number of carboxylic acids is 1. The maximum Gasteiger partial charge on any atom is 0.305 e. The summed E-state index contributed by atoms with van der Waals surface area (Å²) < 4.78 is 14.8. The molecule has 0 spiro atoms. The number of aryl methyl sites for hydroxylation is 2. The summed E-state index contributed by atoms with van der Waals surface area (Å²) in [5.41, 5.74) is 0.968. The maximum absolute atomic E-state index is 13.4. The standard InChI is InChI=1S/C14H14FN3O3/c1-9-2-3-10(8-11(9)15)16-14(21)12-4-6-18(17-12)7-5-13(19)20/h2-4,6,8H,5,7H2,1H3,(H,16,21)(H,19,20). The Morgan fingerprint density at radius 1 is 1.38 bits per heavy atom. The number of amides is 1. The van der Waals surface area contributed by atoms with Crippen LogP contribution in [0.5, 0.6) is 0 Å². The molecule has 21 heavy (non-hydrogen) atoms. The number of carboxylic acid groups (broad SMARTS) is 1. The van der Waals surface area contributed by atoms with Gasteiger partial charge < -0.3 is 10.4 Å². The van der Waals surface area contributed by atoms with Gasteiger partial charge >= 0.3 is 5.97 Å². The van der Waals surface area contributed by atoms with Crippen molar-refractivity contribution in [3.05, 3.63) is 47.5 Å². The fourth-order valence-electron chi connectivity index (χ4n) is 1.68. The van der Waals surface area contributed by atoms with Gasteiger partial charge in [0.25, 0.3) is 5.91 Å². The zero-order valence-electron chi connectivity index (χ0n) is 11.3. The molecule has 1 heterocycles. The Hall–Kier alpha value is -2.70. The van der Waals surface area contributed by atoms with Crippen LogP contribution in [0.1, 0.15) is 22.5 Å². The van der Waals surface area contributed by atoms with Gasteiger partial charge in [0.1, 0.15) is 5.82 Å². The molecule has 0 aliphatic rings. The number of aromatic nitrogens is 2. The number of carbonyl (C=O) groups excluding carboxylic acids is 1. The molecule has 1 amide bonds. The SMILES string of the molecule is Cc1ccc(NC(=O)c2ccn(CCC(=O)O)n2)cc1F. The van der Waals surface area contributed by atoms with Gasteiger partial charge in [-0.25, -0.2) is 4.39 Å². The molecule has 0 radical (unpaired) electrons. The molecular weight excluding hydrogens is 277 g/mol. The number of nitrogens with zero attached hydrogens (tertiary/aromatic N) is 2. The van der Waals surface area contributed by atoms with Crippen LogP contribution in [0, 0.1) is 12.7 Å². The lowest BCUT2D eigenvalue weighted by molar-refractivity contribution is -0.137. The summed E-state index contributed by atoms with van der Waals surface area (Å²) in [7, 11) is 0. The number of carbonyl (C=O) groups is 2. The van der Waals surface area contributed by atoms with E-state index >= 15 is 0 Å². The quantitative estimate of drug-likeness (QED) is 0.883. The Morgan fingerprint density at radius 3 is 2.81 bits per heavy atom. The van der Waals surface area contributed by atoms with Crippen molar-refractivity contribution in [3.63, 3.8) is 0 Å². The summed E-state index contributed by atoms with van der Waals surface area (Å²) in [5, 5.41) is 15.1. The number of anilines is 1. The van der Waals surface area contributed by atoms with E-state index in [1.807, 2.05) is 0 Å². The molecule has 110 valence electrons. The Morgan fingerprint density at radius 2 is 2.14 bits per heavy atom. The van der Waals surface area contributed by atoms with Gasteiger partial charge in [-0.15, -0.1) is 0 Å². The van der Waals surface area contributed by atoms with Crippen LogP contribution in [0.15, 0.2) is 30.5 Å². The molecule has 6 nitrogen and oxygen atoms in total. The van der Waals surface area contributed by atoms with Gasteiger partial charge in [-0.1, -0.05) is 6.07 Å². The number of halogens is 1. The van der Waals surface area contributed by atoms with E-state index in [1.165, 1.54) is 23.0 Å². The van der Waals surface area contributed by atoms with Crippen LogP contribution in [-0.2, 0) is 11.3 Å². The van der Waals surface area contributed by atoms with Crippen LogP contribution >= 0.6 is 0 Å². The third-order valence-electron chi connectivity index (χ3n) is 2.86. The van der Waals surface area contributed by atoms with Crippen molar-refractivity contribution in [3.8, 4) is 0 Å². The third kappa shape index (κ3) is 3.88. The predicted molar refractivity (Wildman–Crippen MR) is 73.6 cm³/mol. The van der Waals surface area contributed by atoms with Gasteiger partial charge in [0.15, 0.2) is 5.69 Å². The minimum absolute atomic E-state index is 0.0775. The lowest BCUT2D eigenvalue weighted by Crippen LogP contribution is -2.14. The van der Waals surface area contributed by atoms with Crippen LogP contribution in [0.4, 0.5) is 10.1 Å². The average molecular weight is 291 g/mol. The van der Waals surface area contributed by atoms with E-state index in [0.717, 1.165) is 0 Å². The van der Waals surface area contributed by atoms with Crippen molar-refractivity contribution in [1.29, 1.82) is 0 Å². The highest BCUT2D eigenvalue weighted by Crippen LogP contribution is 2.14. The first-order chi connectivity index (χ1) is 9.95. The van der Waals surface area contributed by atoms with Gasteiger partial charge in [-0.05, 0) is 30.7 Å². The molecule has 0 aliphatic heterocycles. The van der Waals surface area contributed by atoms with Gasteiger partial charge in [-0.2, -0.15) is 5.10 Å². The fraction of sp³-hybridized carbons (Fsp3) is 0.214. The van der Waals surface area contributed by atoms with Crippen LogP contribution in [0.2, 0.25) is 0 Å². The van der Waals surface area contributed by atoms with E-state index in [2.05, 4.69) is 10.4 Å². The second kappa shape index (κ2) is 6.17. The highest BCUT2D eigenvalue weighted by atomic mass is 19.1. The van der Waals surface area contributed by atoms with Crippen LogP contribution in [0.3, 0.4) is 0 Å². The van der Waals surface area contributed by atoms with E-state index in [-0.39, 0.29) is 18.7 Å². The summed E-state index contributed by atoms with van der Waals surface area (Å²) in [6, 6.07) is 5.87. The molecule has 0 saturated carbocycles. The van der Waals surface area contributed by atoms with Gasteiger partial charge in [0, 0.05) is 11.9 Å². The molecule has 2 aromatic rings. The highest BCUT2D eigenvalue weighted by Gasteiger charge is 2.11. The summed E-state index contributed by atoms with van der Waals surface area (Å²) >= 11 is 0. The molecule has 2 N–H and O–H groups in total. The number of aliphatic carboxylic acids is 1. The van der Waals surface area contributed by atoms with E-state index in [4.69, 9.17) is 5.11 Å². The van der Waals surface area contributed by atoms with E-state index in [0.29, 0.717) is 11.3 Å². The first-order valence-corrected chi connectivity index (χ1v) is 6.28. The van der Waals surface area contributed by atoms with E-state index in [1.54, 1.807) is 19.1 Å². The Kier molecular flexibility index (Phi) is 4.32. The molecule has 0 fully saturated rings. The summed E-state index contributed by atoms with van der Waals surface area (Å²) in [5.74, 6) is -1.82. The first-order valence-electron chi connectivity index (χ1n) is 6.28. The highest BCUT2D eigenvalue weighted by molar-refractivity contribution is 6.02. The van der Waals surface area contributed by atoms with Gasteiger partial charge in [0.05, 0.1) is 13.0 Å². The maximum atomic E-state index is 13.4. The van der Waals surface area contributed by atoms with Crippen LogP contribution < -0.4 is 5.32 Å². The molecule has 0 aliphatic carbocycles. The average Bonchev–Trinajstić information content (AvgIpc) is 2.89. The number of hydrogen-bond acceptors (Lipinski definition) is 3. The second-order valence-electron chi connectivity index (χ2n) is 4.53. The first kappa shape index (κ1) is 14.7. The normalized spacial score (nSPS) is 10.4. The zero-order chi connectivity index (χ0) is 15.4.